The summed E-state index contributed by atoms with van der Waals surface area (Å²) in [5, 5.41) is 13.9. The number of nitrogens with one attached hydrogen (secondary N) is 1. The summed E-state index contributed by atoms with van der Waals surface area (Å²) < 4.78 is 5.15. The van der Waals surface area contributed by atoms with Gasteiger partial charge in [0.15, 0.2) is 11.6 Å². The first-order valence-electron chi connectivity index (χ1n) is 5.67. The maximum absolute atomic E-state index is 10.9. The summed E-state index contributed by atoms with van der Waals surface area (Å²) in [6.07, 6.45) is 1.63. The van der Waals surface area contributed by atoms with E-state index in [-0.39, 0.29) is 5.69 Å². The van der Waals surface area contributed by atoms with Gasteiger partial charge in [-0.1, -0.05) is 18.2 Å². The van der Waals surface area contributed by atoms with Crippen LogP contribution < -0.4 is 10.1 Å². The summed E-state index contributed by atoms with van der Waals surface area (Å²) in [5.41, 5.74) is 0.685. The third-order valence-electron chi connectivity index (χ3n) is 2.63. The van der Waals surface area contributed by atoms with Crippen molar-refractivity contribution in [2.24, 2.45) is 0 Å². The Morgan fingerprint density at radius 3 is 2.84 bits per heavy atom. The van der Waals surface area contributed by atoms with Crippen LogP contribution in [0.1, 0.15) is 5.56 Å². The second-order valence-corrected chi connectivity index (χ2v) is 3.79. The predicted molar refractivity (Wildman–Crippen MR) is 71.2 cm³/mol. The molecular formula is C13H13N3O3. The Bertz CT molecular complexity index is 587. The average Bonchev–Trinajstić information content (AvgIpc) is 2.45. The number of para-hydroxylation sites is 1. The number of hydrogen-bond donors (Lipinski definition) is 1. The molecule has 1 aromatic carbocycles. The molecule has 6 nitrogen and oxygen atoms in total. The topological polar surface area (TPSA) is 77.3 Å². The summed E-state index contributed by atoms with van der Waals surface area (Å²) in [6, 6.07) is 10.1. The Morgan fingerprint density at radius 2 is 2.11 bits per heavy atom. The van der Waals surface area contributed by atoms with E-state index in [1.807, 2.05) is 0 Å². The van der Waals surface area contributed by atoms with Gasteiger partial charge in [-0.25, -0.2) is 4.98 Å². The Morgan fingerprint density at radius 1 is 1.32 bits per heavy atom. The number of nitro benzene ring substituents is 1. The van der Waals surface area contributed by atoms with E-state index in [1.54, 1.807) is 43.6 Å². The lowest BCUT2D eigenvalue weighted by molar-refractivity contribution is -0.385. The number of rotatable bonds is 5. The lowest BCUT2D eigenvalue weighted by Gasteiger charge is -2.09. The standard InChI is InChI=1S/C13H13N3O3/c1-19-12-7-4-8-14-13(12)15-9-10-5-2-3-6-11(10)16(17)18/h2-8H,9H2,1H3,(H,14,15). The molecular weight excluding hydrogens is 246 g/mol. The Balaban J connectivity index is 2.17. The molecule has 0 spiro atoms. The van der Waals surface area contributed by atoms with Crippen molar-refractivity contribution >= 4 is 11.5 Å². The minimum Gasteiger partial charge on any atom is -0.493 e. The van der Waals surface area contributed by atoms with Crippen molar-refractivity contribution in [3.05, 3.63) is 58.3 Å². The monoisotopic (exact) mass is 259 g/mol. The number of benzene rings is 1. The molecule has 0 saturated carbocycles. The minimum absolute atomic E-state index is 0.0879. The van der Waals surface area contributed by atoms with E-state index in [0.717, 1.165) is 0 Å². The fourth-order valence-corrected chi connectivity index (χ4v) is 1.71. The predicted octanol–water partition coefficient (Wildman–Crippen LogP) is 2.61. The van der Waals surface area contributed by atoms with Crippen molar-refractivity contribution in [3.8, 4) is 5.75 Å². The zero-order valence-corrected chi connectivity index (χ0v) is 10.4. The van der Waals surface area contributed by atoms with Gasteiger partial charge in [-0.05, 0) is 12.1 Å². The number of methoxy groups -OCH3 is 1. The summed E-state index contributed by atoms with van der Waals surface area (Å²) >= 11 is 0. The van der Waals surface area contributed by atoms with Crippen molar-refractivity contribution in [3.63, 3.8) is 0 Å². The molecule has 2 rings (SSSR count). The van der Waals surface area contributed by atoms with Crippen LogP contribution in [-0.4, -0.2) is 17.0 Å². The van der Waals surface area contributed by atoms with E-state index in [0.29, 0.717) is 23.7 Å². The highest BCUT2D eigenvalue weighted by Crippen LogP contribution is 2.23. The van der Waals surface area contributed by atoms with Crippen LogP contribution in [0.25, 0.3) is 0 Å². The molecule has 0 fully saturated rings. The lowest BCUT2D eigenvalue weighted by Crippen LogP contribution is -2.05. The van der Waals surface area contributed by atoms with E-state index < -0.39 is 4.92 Å². The molecule has 0 unspecified atom stereocenters. The summed E-state index contributed by atoms with van der Waals surface area (Å²) in [6.45, 7) is 0.310. The molecule has 19 heavy (non-hydrogen) atoms. The van der Waals surface area contributed by atoms with E-state index in [1.165, 1.54) is 6.07 Å². The summed E-state index contributed by atoms with van der Waals surface area (Å²) in [5.74, 6) is 1.16. The molecule has 98 valence electrons. The summed E-state index contributed by atoms with van der Waals surface area (Å²) in [4.78, 5) is 14.6. The van der Waals surface area contributed by atoms with Crippen molar-refractivity contribution in [1.29, 1.82) is 0 Å². The zero-order valence-electron chi connectivity index (χ0n) is 10.4. The highest BCUT2D eigenvalue weighted by atomic mass is 16.6. The second-order valence-electron chi connectivity index (χ2n) is 3.79. The van der Waals surface area contributed by atoms with Gasteiger partial charge in [-0.3, -0.25) is 10.1 Å². The van der Waals surface area contributed by atoms with Crippen LogP contribution in [0, 0.1) is 10.1 Å². The first-order chi connectivity index (χ1) is 9.22. The SMILES string of the molecule is COc1cccnc1NCc1ccccc1[N+](=O)[O-]. The van der Waals surface area contributed by atoms with E-state index in [9.17, 15) is 10.1 Å². The Hall–Kier alpha value is -2.63. The van der Waals surface area contributed by atoms with Crippen LogP contribution >= 0.6 is 0 Å². The summed E-state index contributed by atoms with van der Waals surface area (Å²) in [7, 11) is 1.55. The molecule has 0 saturated heterocycles. The number of anilines is 1. The van der Waals surface area contributed by atoms with Crippen molar-refractivity contribution < 1.29 is 9.66 Å². The second kappa shape index (κ2) is 5.81. The molecule has 0 aliphatic heterocycles. The molecule has 0 radical (unpaired) electrons. The largest absolute Gasteiger partial charge is 0.493 e. The number of nitro groups is 1. The minimum atomic E-state index is -0.396. The molecule has 1 heterocycles. The number of ether oxygens (including phenoxy) is 1. The number of pyridine rings is 1. The quantitative estimate of drug-likeness (QED) is 0.659. The molecule has 0 amide bonds. The maximum atomic E-state index is 10.9. The van der Waals surface area contributed by atoms with E-state index >= 15 is 0 Å². The maximum Gasteiger partial charge on any atom is 0.274 e. The first kappa shape index (κ1) is 12.8. The van der Waals surface area contributed by atoms with Crippen molar-refractivity contribution in [2.45, 2.75) is 6.54 Å². The normalized spacial score (nSPS) is 9.95. The first-order valence-corrected chi connectivity index (χ1v) is 5.67. The van der Waals surface area contributed by atoms with Crippen molar-refractivity contribution in [1.82, 2.24) is 4.98 Å². The number of aromatic nitrogens is 1. The molecule has 6 heteroatoms. The van der Waals surface area contributed by atoms with E-state index in [4.69, 9.17) is 4.74 Å². The smallest absolute Gasteiger partial charge is 0.274 e. The van der Waals surface area contributed by atoms with Crippen LogP contribution in [-0.2, 0) is 6.54 Å². The van der Waals surface area contributed by atoms with Crippen molar-refractivity contribution in [2.75, 3.05) is 12.4 Å². The molecule has 0 bridgehead atoms. The molecule has 2 aromatic rings. The van der Waals surface area contributed by atoms with Crippen LogP contribution in [0.15, 0.2) is 42.6 Å². The highest BCUT2D eigenvalue weighted by molar-refractivity contribution is 5.51. The van der Waals surface area contributed by atoms with Gasteiger partial charge in [0.1, 0.15) is 0 Å². The fourth-order valence-electron chi connectivity index (χ4n) is 1.71. The fraction of sp³-hybridized carbons (Fsp3) is 0.154. The van der Waals surface area contributed by atoms with Crippen LogP contribution in [0.2, 0.25) is 0 Å². The van der Waals surface area contributed by atoms with Gasteiger partial charge in [-0.2, -0.15) is 0 Å². The Labute approximate surface area is 110 Å². The van der Waals surface area contributed by atoms with E-state index in [2.05, 4.69) is 10.3 Å². The average molecular weight is 259 g/mol. The van der Waals surface area contributed by atoms with Gasteiger partial charge in [0.25, 0.3) is 5.69 Å². The third-order valence-corrected chi connectivity index (χ3v) is 2.63. The van der Waals surface area contributed by atoms with Crippen LogP contribution in [0.5, 0.6) is 5.75 Å². The van der Waals surface area contributed by atoms with Gasteiger partial charge in [0.2, 0.25) is 0 Å². The molecule has 0 atom stereocenters. The lowest BCUT2D eigenvalue weighted by atomic mass is 10.2. The van der Waals surface area contributed by atoms with Gasteiger partial charge in [0.05, 0.1) is 12.0 Å². The zero-order chi connectivity index (χ0) is 13.7. The van der Waals surface area contributed by atoms with Crippen LogP contribution in [0.4, 0.5) is 11.5 Å². The third kappa shape index (κ3) is 2.98. The number of nitrogens with zero attached hydrogens (tertiary/aromatic N) is 2. The molecule has 0 aliphatic carbocycles. The van der Waals surface area contributed by atoms with Gasteiger partial charge in [-0.15, -0.1) is 0 Å². The Kier molecular flexibility index (Phi) is 3.92. The molecule has 1 N–H and O–H groups in total. The highest BCUT2D eigenvalue weighted by Gasteiger charge is 2.12. The van der Waals surface area contributed by atoms with Gasteiger partial charge >= 0.3 is 0 Å². The van der Waals surface area contributed by atoms with Crippen LogP contribution in [0.3, 0.4) is 0 Å². The van der Waals surface area contributed by atoms with Gasteiger partial charge < -0.3 is 10.1 Å². The van der Waals surface area contributed by atoms with Gasteiger partial charge in [0, 0.05) is 24.4 Å². The number of hydrogen-bond acceptors (Lipinski definition) is 5. The molecule has 1 aromatic heterocycles. The molecule has 0 aliphatic rings.